The Morgan fingerprint density at radius 1 is 1.33 bits per heavy atom. The van der Waals surface area contributed by atoms with Crippen LogP contribution in [0.4, 0.5) is 0 Å². The Balaban J connectivity index is 2.69. The predicted octanol–water partition coefficient (Wildman–Crippen LogP) is 4.37. The Bertz CT molecular complexity index is 557. The molecule has 2 rings (SSSR count). The summed E-state index contributed by atoms with van der Waals surface area (Å²) in [6.07, 6.45) is 1.90. The van der Waals surface area contributed by atoms with Crippen molar-refractivity contribution < 1.29 is 0 Å². The molecule has 1 heterocycles. The van der Waals surface area contributed by atoms with Crippen molar-refractivity contribution in [2.24, 2.45) is 0 Å². The molecule has 15 heavy (non-hydrogen) atoms. The zero-order valence-electron chi connectivity index (χ0n) is 7.92. The standard InChI is InChI=1S/C10H8Br2N2S/c1-6-5-13-10(15)14(6)9-3-2-7(11)4-8(9)12/h2-5H,1H3,(H,13,15). The molecule has 0 fully saturated rings. The summed E-state index contributed by atoms with van der Waals surface area (Å²) in [4.78, 5) is 3.02. The Kier molecular flexibility index (Phi) is 3.13. The van der Waals surface area contributed by atoms with E-state index in [0.29, 0.717) is 4.77 Å². The summed E-state index contributed by atoms with van der Waals surface area (Å²) in [6, 6.07) is 6.02. The molecule has 0 amide bonds. The average Bonchev–Trinajstić information content (AvgIpc) is 2.48. The van der Waals surface area contributed by atoms with Crippen LogP contribution >= 0.6 is 44.1 Å². The third kappa shape index (κ3) is 2.09. The van der Waals surface area contributed by atoms with Crippen molar-refractivity contribution in [1.29, 1.82) is 0 Å². The van der Waals surface area contributed by atoms with Crippen molar-refractivity contribution in [3.05, 3.63) is 43.8 Å². The van der Waals surface area contributed by atoms with E-state index in [9.17, 15) is 0 Å². The lowest BCUT2D eigenvalue weighted by Gasteiger charge is -2.08. The van der Waals surface area contributed by atoms with E-state index in [0.717, 1.165) is 20.3 Å². The number of benzene rings is 1. The van der Waals surface area contributed by atoms with Crippen LogP contribution in [0.15, 0.2) is 33.3 Å². The molecule has 1 N–H and O–H groups in total. The van der Waals surface area contributed by atoms with Crippen LogP contribution in [0.1, 0.15) is 5.69 Å². The van der Waals surface area contributed by atoms with E-state index >= 15 is 0 Å². The fourth-order valence-corrected chi connectivity index (χ4v) is 2.94. The second kappa shape index (κ2) is 4.23. The number of nitrogens with one attached hydrogen (secondary N) is 1. The van der Waals surface area contributed by atoms with E-state index in [-0.39, 0.29) is 0 Å². The van der Waals surface area contributed by atoms with Gasteiger partial charge in [-0.1, -0.05) is 15.9 Å². The lowest BCUT2D eigenvalue weighted by Crippen LogP contribution is -1.97. The van der Waals surface area contributed by atoms with Gasteiger partial charge in [0.25, 0.3) is 0 Å². The first-order valence-electron chi connectivity index (χ1n) is 4.32. The van der Waals surface area contributed by atoms with Gasteiger partial charge in [-0.25, -0.2) is 0 Å². The van der Waals surface area contributed by atoms with Gasteiger partial charge in [0, 0.05) is 20.8 Å². The van der Waals surface area contributed by atoms with Gasteiger partial charge < -0.3 is 4.98 Å². The van der Waals surface area contributed by atoms with E-state index in [4.69, 9.17) is 12.2 Å². The molecular formula is C10H8Br2N2S. The number of rotatable bonds is 1. The van der Waals surface area contributed by atoms with Gasteiger partial charge >= 0.3 is 0 Å². The minimum atomic E-state index is 0.704. The number of hydrogen-bond donors (Lipinski definition) is 1. The third-order valence-electron chi connectivity index (χ3n) is 2.11. The molecule has 1 aromatic carbocycles. The van der Waals surface area contributed by atoms with Crippen LogP contribution in [-0.4, -0.2) is 9.55 Å². The SMILES string of the molecule is Cc1c[nH]c(=S)n1-c1ccc(Br)cc1Br. The Hall–Kier alpha value is -0.390. The quantitative estimate of drug-likeness (QED) is 0.760. The molecule has 1 aromatic heterocycles. The fraction of sp³-hybridized carbons (Fsp3) is 0.100. The second-order valence-corrected chi connectivity index (χ2v) is 5.32. The van der Waals surface area contributed by atoms with Crippen LogP contribution in [0, 0.1) is 11.7 Å². The lowest BCUT2D eigenvalue weighted by atomic mass is 10.3. The molecule has 2 aromatic rings. The highest BCUT2D eigenvalue weighted by molar-refractivity contribution is 9.11. The van der Waals surface area contributed by atoms with E-state index in [2.05, 4.69) is 36.8 Å². The first-order valence-corrected chi connectivity index (χ1v) is 6.31. The Morgan fingerprint density at radius 3 is 2.60 bits per heavy atom. The summed E-state index contributed by atoms with van der Waals surface area (Å²) in [5.41, 5.74) is 2.13. The smallest absolute Gasteiger partial charge is 0.182 e. The summed E-state index contributed by atoms with van der Waals surface area (Å²) in [6.45, 7) is 2.01. The number of halogens is 2. The maximum Gasteiger partial charge on any atom is 0.182 e. The summed E-state index contributed by atoms with van der Waals surface area (Å²) in [7, 11) is 0. The molecule has 0 aliphatic rings. The van der Waals surface area contributed by atoms with Crippen LogP contribution < -0.4 is 0 Å². The third-order valence-corrected chi connectivity index (χ3v) is 3.54. The maximum absolute atomic E-state index is 5.22. The molecule has 0 atom stereocenters. The monoisotopic (exact) mass is 346 g/mol. The molecule has 0 unspecified atom stereocenters. The molecule has 78 valence electrons. The van der Waals surface area contributed by atoms with Gasteiger partial charge in [-0.15, -0.1) is 0 Å². The molecule has 0 spiro atoms. The molecule has 0 aliphatic heterocycles. The normalized spacial score (nSPS) is 10.6. The predicted molar refractivity (Wildman–Crippen MR) is 71.1 cm³/mol. The van der Waals surface area contributed by atoms with Crippen molar-refractivity contribution in [2.75, 3.05) is 0 Å². The van der Waals surface area contributed by atoms with Gasteiger partial charge in [-0.3, -0.25) is 4.57 Å². The number of aromatic amines is 1. The highest BCUT2D eigenvalue weighted by Gasteiger charge is 2.06. The molecule has 0 saturated carbocycles. The fourth-order valence-electron chi connectivity index (χ4n) is 1.42. The van der Waals surface area contributed by atoms with Gasteiger partial charge in [0.2, 0.25) is 0 Å². The minimum Gasteiger partial charge on any atom is -0.337 e. The summed E-state index contributed by atoms with van der Waals surface area (Å²) in [5.74, 6) is 0. The zero-order valence-corrected chi connectivity index (χ0v) is 11.9. The molecule has 0 radical (unpaired) electrons. The molecule has 2 nitrogen and oxygen atoms in total. The largest absolute Gasteiger partial charge is 0.337 e. The van der Waals surface area contributed by atoms with Gasteiger partial charge in [0.1, 0.15) is 0 Å². The average molecular weight is 348 g/mol. The highest BCUT2D eigenvalue weighted by Crippen LogP contribution is 2.26. The maximum atomic E-state index is 5.22. The second-order valence-electron chi connectivity index (χ2n) is 3.17. The number of hydrogen-bond acceptors (Lipinski definition) is 1. The molecule has 0 aliphatic carbocycles. The van der Waals surface area contributed by atoms with Crippen molar-refractivity contribution in [1.82, 2.24) is 9.55 Å². The van der Waals surface area contributed by atoms with Gasteiger partial charge in [0.15, 0.2) is 4.77 Å². The molecule has 0 bridgehead atoms. The number of aromatic nitrogens is 2. The van der Waals surface area contributed by atoms with Gasteiger partial charge in [-0.05, 0) is 53.3 Å². The van der Waals surface area contributed by atoms with Crippen LogP contribution in [0.5, 0.6) is 0 Å². The number of H-pyrrole nitrogens is 1. The van der Waals surface area contributed by atoms with Crippen LogP contribution in [0.25, 0.3) is 5.69 Å². The molecule has 0 saturated heterocycles. The molecular weight excluding hydrogens is 340 g/mol. The summed E-state index contributed by atoms with van der Waals surface area (Å²) in [5, 5.41) is 0. The first-order chi connectivity index (χ1) is 7.09. The lowest BCUT2D eigenvalue weighted by molar-refractivity contribution is 0.978. The zero-order chi connectivity index (χ0) is 11.0. The van der Waals surface area contributed by atoms with Crippen molar-refractivity contribution in [2.45, 2.75) is 6.92 Å². The van der Waals surface area contributed by atoms with Crippen LogP contribution in [0.2, 0.25) is 0 Å². The van der Waals surface area contributed by atoms with Crippen molar-refractivity contribution in [3.63, 3.8) is 0 Å². The number of aryl methyl sites for hydroxylation is 1. The Morgan fingerprint density at radius 2 is 2.07 bits per heavy atom. The van der Waals surface area contributed by atoms with E-state index in [1.807, 2.05) is 35.9 Å². The number of imidazole rings is 1. The first kappa shape index (κ1) is 11.1. The topological polar surface area (TPSA) is 20.7 Å². The van der Waals surface area contributed by atoms with E-state index in [1.54, 1.807) is 0 Å². The summed E-state index contributed by atoms with van der Waals surface area (Å²) >= 11 is 12.2. The van der Waals surface area contributed by atoms with Gasteiger partial charge in [-0.2, -0.15) is 0 Å². The van der Waals surface area contributed by atoms with E-state index in [1.165, 1.54) is 0 Å². The molecule has 5 heteroatoms. The van der Waals surface area contributed by atoms with Crippen molar-refractivity contribution in [3.8, 4) is 5.69 Å². The van der Waals surface area contributed by atoms with Crippen LogP contribution in [-0.2, 0) is 0 Å². The van der Waals surface area contributed by atoms with Gasteiger partial charge in [0.05, 0.1) is 5.69 Å². The minimum absolute atomic E-state index is 0.704. The van der Waals surface area contributed by atoms with Crippen LogP contribution in [0.3, 0.4) is 0 Å². The Labute approximate surface area is 110 Å². The highest BCUT2D eigenvalue weighted by atomic mass is 79.9. The summed E-state index contributed by atoms with van der Waals surface area (Å²) < 4.78 is 4.75. The number of nitrogens with zero attached hydrogens (tertiary/aromatic N) is 1. The van der Waals surface area contributed by atoms with E-state index < -0.39 is 0 Å². The van der Waals surface area contributed by atoms with Crippen molar-refractivity contribution >= 4 is 44.1 Å².